The maximum atomic E-state index is 13.1. The van der Waals surface area contributed by atoms with Gasteiger partial charge in [-0.3, -0.25) is 9.89 Å². The second-order valence-electron chi connectivity index (χ2n) is 7.99. The van der Waals surface area contributed by atoms with Crippen LogP contribution in [-0.2, 0) is 22.8 Å². The highest BCUT2D eigenvalue weighted by Crippen LogP contribution is 2.14. The van der Waals surface area contributed by atoms with Crippen molar-refractivity contribution in [2.24, 2.45) is 4.99 Å². The number of guanidine groups is 1. The van der Waals surface area contributed by atoms with Crippen LogP contribution >= 0.6 is 0 Å². The lowest BCUT2D eigenvalue weighted by Gasteiger charge is -2.33. The molecule has 1 heterocycles. The topological polar surface area (TPSA) is 73.8 Å². The molecule has 0 saturated carbocycles. The minimum Gasteiger partial charge on any atom is -0.356 e. The highest BCUT2D eigenvalue weighted by Gasteiger charge is 2.20. The third-order valence-electron chi connectivity index (χ3n) is 5.53. The molecule has 8 heteroatoms. The predicted molar refractivity (Wildman–Crippen MR) is 122 cm³/mol. The van der Waals surface area contributed by atoms with Crippen molar-refractivity contribution in [3.05, 3.63) is 65.5 Å². The molecule has 2 aromatic rings. The van der Waals surface area contributed by atoms with E-state index in [1.807, 2.05) is 24.3 Å². The van der Waals surface area contributed by atoms with Gasteiger partial charge in [-0.05, 0) is 54.7 Å². The zero-order valence-electron chi connectivity index (χ0n) is 18.1. The first kappa shape index (κ1) is 23.2. The van der Waals surface area contributed by atoms with E-state index in [1.165, 1.54) is 18.4 Å². The summed E-state index contributed by atoms with van der Waals surface area (Å²) in [5.41, 5.74) is 2.21. The zero-order chi connectivity index (χ0) is 22.3. The minimum atomic E-state index is -3.16. The fourth-order valence-corrected chi connectivity index (χ4v) is 4.33. The monoisotopic (exact) mass is 446 g/mol. The van der Waals surface area contributed by atoms with Crippen LogP contribution in [0.4, 0.5) is 4.39 Å². The molecule has 31 heavy (non-hydrogen) atoms. The Hall–Kier alpha value is -2.45. The molecular formula is C23H31FN4O2S. The summed E-state index contributed by atoms with van der Waals surface area (Å²) < 4.78 is 36.1. The first-order valence-corrected chi connectivity index (χ1v) is 12.5. The van der Waals surface area contributed by atoms with E-state index in [-0.39, 0.29) is 5.82 Å². The molecule has 0 spiro atoms. The summed E-state index contributed by atoms with van der Waals surface area (Å²) in [5, 5.41) is 6.83. The summed E-state index contributed by atoms with van der Waals surface area (Å²) in [6, 6.07) is 14.1. The van der Waals surface area contributed by atoms with E-state index in [0.29, 0.717) is 17.5 Å². The molecule has 0 atom stereocenters. The van der Waals surface area contributed by atoms with Gasteiger partial charge in [0.25, 0.3) is 0 Å². The van der Waals surface area contributed by atoms with Crippen LogP contribution in [0.5, 0.6) is 0 Å². The van der Waals surface area contributed by atoms with Crippen molar-refractivity contribution >= 4 is 15.8 Å². The summed E-state index contributed by atoms with van der Waals surface area (Å²) in [7, 11) is -1.40. The summed E-state index contributed by atoms with van der Waals surface area (Å²) in [6.07, 6.45) is 4.04. The minimum absolute atomic E-state index is 0.198. The van der Waals surface area contributed by atoms with Crippen molar-refractivity contribution in [2.75, 3.05) is 32.9 Å². The number of likely N-dealkylation sites (tertiary alicyclic amines) is 1. The van der Waals surface area contributed by atoms with Crippen molar-refractivity contribution in [3.8, 4) is 0 Å². The largest absolute Gasteiger partial charge is 0.356 e. The van der Waals surface area contributed by atoms with Crippen LogP contribution in [0.3, 0.4) is 0 Å². The van der Waals surface area contributed by atoms with Crippen molar-refractivity contribution in [1.82, 2.24) is 15.5 Å². The molecule has 1 aliphatic rings. The SMILES string of the molecule is CN=C(NCCc1ccc(S(C)(=O)=O)cc1)NC1CCN(Cc2ccc(F)cc2)CC1. The van der Waals surface area contributed by atoms with E-state index in [2.05, 4.69) is 20.5 Å². The second-order valence-corrected chi connectivity index (χ2v) is 10.0. The summed E-state index contributed by atoms with van der Waals surface area (Å²) in [6.45, 7) is 3.52. The summed E-state index contributed by atoms with van der Waals surface area (Å²) in [4.78, 5) is 7.05. The molecule has 1 saturated heterocycles. The Morgan fingerprint density at radius 3 is 2.26 bits per heavy atom. The molecule has 0 unspecified atom stereocenters. The fraction of sp³-hybridized carbons (Fsp3) is 0.435. The number of sulfone groups is 1. The highest BCUT2D eigenvalue weighted by atomic mass is 32.2. The second kappa shape index (κ2) is 10.7. The van der Waals surface area contributed by atoms with Crippen LogP contribution in [0.1, 0.15) is 24.0 Å². The average Bonchev–Trinajstić information content (AvgIpc) is 2.75. The number of nitrogens with one attached hydrogen (secondary N) is 2. The summed E-state index contributed by atoms with van der Waals surface area (Å²) >= 11 is 0. The van der Waals surface area contributed by atoms with Gasteiger partial charge in [0.15, 0.2) is 15.8 Å². The lowest BCUT2D eigenvalue weighted by atomic mass is 10.0. The Balaban J connectivity index is 1.39. The van der Waals surface area contributed by atoms with Crippen molar-refractivity contribution in [1.29, 1.82) is 0 Å². The molecule has 6 nitrogen and oxygen atoms in total. The van der Waals surface area contributed by atoms with Gasteiger partial charge in [0.05, 0.1) is 4.90 Å². The molecule has 0 bridgehead atoms. The maximum Gasteiger partial charge on any atom is 0.191 e. The number of rotatable bonds is 7. The fourth-order valence-electron chi connectivity index (χ4n) is 3.70. The Morgan fingerprint density at radius 2 is 1.68 bits per heavy atom. The Labute approximate surface area is 184 Å². The number of aliphatic imine (C=N–C) groups is 1. The van der Waals surface area contributed by atoms with Crippen LogP contribution < -0.4 is 10.6 Å². The number of hydrogen-bond acceptors (Lipinski definition) is 4. The molecule has 1 fully saturated rings. The summed E-state index contributed by atoms with van der Waals surface area (Å²) in [5.74, 6) is 0.584. The highest BCUT2D eigenvalue weighted by molar-refractivity contribution is 7.90. The van der Waals surface area contributed by atoms with E-state index >= 15 is 0 Å². The number of piperidine rings is 1. The average molecular weight is 447 g/mol. The first-order chi connectivity index (χ1) is 14.8. The Bertz CT molecular complexity index is 968. The molecule has 0 radical (unpaired) electrons. The van der Waals surface area contributed by atoms with Crippen molar-refractivity contribution < 1.29 is 12.8 Å². The van der Waals surface area contributed by atoms with Crippen molar-refractivity contribution in [2.45, 2.75) is 36.7 Å². The molecular weight excluding hydrogens is 415 g/mol. The van der Waals surface area contributed by atoms with Crippen LogP contribution in [0, 0.1) is 5.82 Å². The molecule has 3 rings (SSSR count). The van der Waals surface area contributed by atoms with Gasteiger partial charge in [0.1, 0.15) is 5.82 Å². The standard InChI is InChI=1S/C23H31FN4O2S/c1-25-23(26-14-11-18-5-9-22(10-6-18)31(2,29)30)27-21-12-15-28(16-13-21)17-19-3-7-20(24)8-4-19/h3-10,21H,11-17H2,1-2H3,(H2,25,26,27). The van der Waals surface area contributed by atoms with Crippen LogP contribution in [-0.4, -0.2) is 58.3 Å². The van der Waals surface area contributed by atoms with Crippen LogP contribution in [0.25, 0.3) is 0 Å². The van der Waals surface area contributed by atoms with Crippen LogP contribution in [0.2, 0.25) is 0 Å². The van der Waals surface area contributed by atoms with Gasteiger partial charge in [-0.25, -0.2) is 12.8 Å². The van der Waals surface area contributed by atoms with E-state index in [9.17, 15) is 12.8 Å². The van der Waals surface area contributed by atoms with Gasteiger partial charge in [0, 0.05) is 45.5 Å². The maximum absolute atomic E-state index is 13.1. The van der Waals surface area contributed by atoms with E-state index in [4.69, 9.17) is 0 Å². The van der Waals surface area contributed by atoms with Crippen LogP contribution in [0.15, 0.2) is 58.4 Å². The molecule has 0 aliphatic carbocycles. The quantitative estimate of drug-likeness (QED) is 0.505. The number of halogens is 1. The van der Waals surface area contributed by atoms with E-state index < -0.39 is 9.84 Å². The lowest BCUT2D eigenvalue weighted by molar-refractivity contribution is 0.198. The normalized spacial score (nSPS) is 16.3. The Morgan fingerprint density at radius 1 is 1.06 bits per heavy atom. The lowest BCUT2D eigenvalue weighted by Crippen LogP contribution is -2.48. The Kier molecular flexibility index (Phi) is 8.03. The van der Waals surface area contributed by atoms with Crippen molar-refractivity contribution in [3.63, 3.8) is 0 Å². The van der Waals surface area contributed by atoms with Gasteiger partial charge in [-0.1, -0.05) is 24.3 Å². The van der Waals surface area contributed by atoms with Gasteiger partial charge in [-0.2, -0.15) is 0 Å². The molecule has 2 aromatic carbocycles. The van der Waals surface area contributed by atoms with E-state index in [1.54, 1.807) is 19.2 Å². The number of nitrogens with zero attached hydrogens (tertiary/aromatic N) is 2. The molecule has 1 aliphatic heterocycles. The van der Waals surface area contributed by atoms with Gasteiger partial charge < -0.3 is 10.6 Å². The number of benzene rings is 2. The molecule has 168 valence electrons. The smallest absolute Gasteiger partial charge is 0.191 e. The van der Waals surface area contributed by atoms with Gasteiger partial charge in [0.2, 0.25) is 0 Å². The molecule has 0 aromatic heterocycles. The molecule has 0 amide bonds. The third kappa shape index (κ3) is 7.33. The predicted octanol–water partition coefficient (Wildman–Crippen LogP) is 2.60. The first-order valence-electron chi connectivity index (χ1n) is 10.6. The molecule has 2 N–H and O–H groups in total. The zero-order valence-corrected chi connectivity index (χ0v) is 19.0. The van der Waals surface area contributed by atoms with Gasteiger partial charge >= 0.3 is 0 Å². The van der Waals surface area contributed by atoms with Gasteiger partial charge in [-0.15, -0.1) is 0 Å². The number of hydrogen-bond donors (Lipinski definition) is 2. The third-order valence-corrected chi connectivity index (χ3v) is 6.66. The van der Waals surface area contributed by atoms with E-state index in [0.717, 1.165) is 56.0 Å².